The zero-order valence-corrected chi connectivity index (χ0v) is 16.8. The number of rotatable bonds is 8. The van der Waals surface area contributed by atoms with Gasteiger partial charge in [0.15, 0.2) is 0 Å². The Balaban J connectivity index is 1.87. The van der Waals surface area contributed by atoms with E-state index in [2.05, 4.69) is 5.32 Å². The lowest BCUT2D eigenvalue weighted by atomic mass is 10.2. The predicted molar refractivity (Wildman–Crippen MR) is 112 cm³/mol. The fourth-order valence-electron chi connectivity index (χ4n) is 3.09. The molecule has 0 spiro atoms. The summed E-state index contributed by atoms with van der Waals surface area (Å²) in [5, 5.41) is 3.81. The molecule has 0 aliphatic carbocycles. The topological polar surface area (TPSA) is 82.3 Å². The lowest BCUT2D eigenvalue weighted by Gasteiger charge is -2.14. The summed E-state index contributed by atoms with van der Waals surface area (Å²) in [7, 11) is 1.56. The number of nitrogens with one attached hydrogen (secondary N) is 1. The normalized spacial score (nSPS) is 11.0. The minimum atomic E-state index is -0.508. The van der Waals surface area contributed by atoms with Gasteiger partial charge in [-0.25, -0.2) is 4.79 Å². The molecule has 0 saturated carbocycles. The van der Waals surface area contributed by atoms with Gasteiger partial charge in [-0.2, -0.15) is 0 Å². The molecule has 0 bridgehead atoms. The minimum absolute atomic E-state index is 0.183. The highest BCUT2D eigenvalue weighted by atomic mass is 35.5. The number of ether oxygens (including phenoxy) is 1. The van der Waals surface area contributed by atoms with Crippen LogP contribution in [0.5, 0.6) is 0 Å². The van der Waals surface area contributed by atoms with Crippen LogP contribution in [-0.4, -0.2) is 28.8 Å². The van der Waals surface area contributed by atoms with E-state index in [4.69, 9.17) is 16.3 Å². The van der Waals surface area contributed by atoms with E-state index in [1.54, 1.807) is 43.5 Å². The Kier molecular flexibility index (Phi) is 6.85. The molecular formula is C21H22ClN3O4. The van der Waals surface area contributed by atoms with E-state index in [9.17, 15) is 14.4 Å². The average molecular weight is 416 g/mol. The van der Waals surface area contributed by atoms with E-state index >= 15 is 0 Å². The molecule has 1 heterocycles. The van der Waals surface area contributed by atoms with Crippen molar-refractivity contribution < 1.29 is 9.53 Å². The molecule has 0 atom stereocenters. The molecule has 0 radical (unpaired) electrons. The van der Waals surface area contributed by atoms with Crippen LogP contribution < -0.4 is 16.6 Å². The van der Waals surface area contributed by atoms with Gasteiger partial charge in [-0.3, -0.25) is 18.7 Å². The number of carbonyl (C=O) groups is 1. The third-order valence-electron chi connectivity index (χ3n) is 4.57. The summed E-state index contributed by atoms with van der Waals surface area (Å²) in [6, 6.07) is 13.9. The first-order chi connectivity index (χ1) is 14.0. The zero-order valence-electron chi connectivity index (χ0n) is 16.1. The van der Waals surface area contributed by atoms with Crippen LogP contribution in [0.15, 0.2) is 58.1 Å². The molecule has 1 amide bonds. The Morgan fingerprint density at radius 1 is 1.07 bits per heavy atom. The number of fused-ring (bicyclic) bond motifs is 1. The number of aromatic nitrogens is 2. The van der Waals surface area contributed by atoms with Crippen LogP contribution in [0, 0.1) is 0 Å². The SMILES string of the molecule is COCCCn1c(=O)c2ccccc2n(CC(=O)NCc2ccc(Cl)cc2)c1=O. The maximum atomic E-state index is 12.9. The van der Waals surface area contributed by atoms with Gasteiger partial charge in [0.1, 0.15) is 6.54 Å². The molecule has 0 aliphatic heterocycles. The molecule has 7 nitrogen and oxygen atoms in total. The van der Waals surface area contributed by atoms with Gasteiger partial charge in [0, 0.05) is 31.8 Å². The van der Waals surface area contributed by atoms with Gasteiger partial charge in [-0.1, -0.05) is 35.9 Å². The number of benzene rings is 2. The van der Waals surface area contributed by atoms with Crippen molar-refractivity contribution in [3.05, 3.63) is 80.0 Å². The van der Waals surface area contributed by atoms with E-state index in [1.165, 1.54) is 4.57 Å². The Labute approximate surface area is 172 Å². The number of carbonyl (C=O) groups excluding carboxylic acids is 1. The second-order valence-corrected chi connectivity index (χ2v) is 7.03. The van der Waals surface area contributed by atoms with E-state index < -0.39 is 5.69 Å². The largest absolute Gasteiger partial charge is 0.385 e. The number of nitrogens with zero attached hydrogens (tertiary/aromatic N) is 2. The van der Waals surface area contributed by atoms with Gasteiger partial charge in [-0.05, 0) is 36.2 Å². The van der Waals surface area contributed by atoms with Crippen LogP contribution in [0.4, 0.5) is 0 Å². The highest BCUT2D eigenvalue weighted by Crippen LogP contribution is 2.10. The molecule has 0 aliphatic rings. The minimum Gasteiger partial charge on any atom is -0.385 e. The third kappa shape index (κ3) is 4.93. The van der Waals surface area contributed by atoms with Crippen LogP contribution in [0.3, 0.4) is 0 Å². The number of amides is 1. The molecule has 2 aromatic carbocycles. The van der Waals surface area contributed by atoms with Crippen molar-refractivity contribution in [3.63, 3.8) is 0 Å². The van der Waals surface area contributed by atoms with Crippen LogP contribution in [-0.2, 0) is 29.2 Å². The second kappa shape index (κ2) is 9.54. The third-order valence-corrected chi connectivity index (χ3v) is 4.82. The zero-order chi connectivity index (χ0) is 20.8. The summed E-state index contributed by atoms with van der Waals surface area (Å²) in [4.78, 5) is 38.2. The average Bonchev–Trinajstić information content (AvgIpc) is 2.73. The maximum Gasteiger partial charge on any atom is 0.331 e. The first kappa shape index (κ1) is 20.8. The van der Waals surface area contributed by atoms with Crippen molar-refractivity contribution in [1.29, 1.82) is 0 Å². The van der Waals surface area contributed by atoms with E-state index in [0.29, 0.717) is 35.5 Å². The van der Waals surface area contributed by atoms with Gasteiger partial charge in [0.2, 0.25) is 5.91 Å². The smallest absolute Gasteiger partial charge is 0.331 e. The van der Waals surface area contributed by atoms with Crippen LogP contribution >= 0.6 is 11.6 Å². The second-order valence-electron chi connectivity index (χ2n) is 6.59. The molecule has 0 fully saturated rings. The number of halogens is 1. The Morgan fingerprint density at radius 3 is 2.52 bits per heavy atom. The van der Waals surface area contributed by atoms with Gasteiger partial charge < -0.3 is 10.1 Å². The van der Waals surface area contributed by atoms with Crippen molar-refractivity contribution in [2.45, 2.75) is 26.1 Å². The quantitative estimate of drug-likeness (QED) is 0.571. The van der Waals surface area contributed by atoms with Crippen molar-refractivity contribution in [1.82, 2.24) is 14.5 Å². The number of hydrogen-bond acceptors (Lipinski definition) is 4. The molecule has 1 N–H and O–H groups in total. The molecule has 152 valence electrons. The van der Waals surface area contributed by atoms with Crippen molar-refractivity contribution in [3.8, 4) is 0 Å². The highest BCUT2D eigenvalue weighted by molar-refractivity contribution is 6.30. The Bertz CT molecular complexity index is 1120. The van der Waals surface area contributed by atoms with Crippen LogP contribution in [0.25, 0.3) is 10.9 Å². The Hall–Kier alpha value is -2.90. The fourth-order valence-corrected chi connectivity index (χ4v) is 3.22. The fraction of sp³-hybridized carbons (Fsp3) is 0.286. The molecule has 29 heavy (non-hydrogen) atoms. The molecule has 3 rings (SSSR count). The summed E-state index contributed by atoms with van der Waals surface area (Å²) in [6.07, 6.45) is 0.521. The lowest BCUT2D eigenvalue weighted by molar-refractivity contribution is -0.121. The summed E-state index contributed by atoms with van der Waals surface area (Å²) in [6.45, 7) is 0.788. The van der Waals surface area contributed by atoms with Gasteiger partial charge in [0.05, 0.1) is 10.9 Å². The van der Waals surface area contributed by atoms with Crippen LogP contribution in [0.1, 0.15) is 12.0 Å². The molecule has 3 aromatic rings. The Morgan fingerprint density at radius 2 is 1.79 bits per heavy atom. The number of para-hydroxylation sites is 1. The highest BCUT2D eigenvalue weighted by Gasteiger charge is 2.15. The molecule has 0 saturated heterocycles. The standard InChI is InChI=1S/C21H22ClN3O4/c1-29-12-4-11-24-20(27)17-5-2-3-6-18(17)25(21(24)28)14-19(26)23-13-15-7-9-16(22)10-8-15/h2-3,5-10H,4,11-14H2,1H3,(H,23,26). The summed E-state index contributed by atoms with van der Waals surface area (Å²) < 4.78 is 7.50. The molecule has 1 aromatic heterocycles. The number of hydrogen-bond donors (Lipinski definition) is 1. The molecule has 8 heteroatoms. The maximum absolute atomic E-state index is 12.9. The van der Waals surface area contributed by atoms with Gasteiger partial charge >= 0.3 is 5.69 Å². The van der Waals surface area contributed by atoms with Crippen molar-refractivity contribution in [2.75, 3.05) is 13.7 Å². The lowest BCUT2D eigenvalue weighted by Crippen LogP contribution is -2.42. The van der Waals surface area contributed by atoms with E-state index in [-0.39, 0.29) is 24.6 Å². The van der Waals surface area contributed by atoms with Gasteiger partial charge in [-0.15, -0.1) is 0 Å². The van der Waals surface area contributed by atoms with Crippen molar-refractivity contribution >= 4 is 28.4 Å². The van der Waals surface area contributed by atoms with Gasteiger partial charge in [0.25, 0.3) is 5.56 Å². The van der Waals surface area contributed by atoms with Crippen LogP contribution in [0.2, 0.25) is 5.02 Å². The molecular weight excluding hydrogens is 394 g/mol. The predicted octanol–water partition coefficient (Wildman–Crippen LogP) is 2.17. The summed E-state index contributed by atoms with van der Waals surface area (Å²) in [5.41, 5.74) is 0.461. The molecule has 0 unspecified atom stereocenters. The summed E-state index contributed by atoms with van der Waals surface area (Å²) in [5.74, 6) is -0.325. The van der Waals surface area contributed by atoms with E-state index in [1.807, 2.05) is 12.1 Å². The van der Waals surface area contributed by atoms with Crippen molar-refractivity contribution in [2.24, 2.45) is 0 Å². The monoisotopic (exact) mass is 415 g/mol. The van der Waals surface area contributed by atoms with E-state index in [0.717, 1.165) is 10.1 Å². The summed E-state index contributed by atoms with van der Waals surface area (Å²) >= 11 is 5.87. The first-order valence-corrected chi connectivity index (χ1v) is 9.61. The first-order valence-electron chi connectivity index (χ1n) is 9.23. The number of methoxy groups -OCH3 is 1.